The molecule has 2 amide bonds. The first-order valence-corrected chi connectivity index (χ1v) is 11.8. The van der Waals surface area contributed by atoms with Crippen LogP contribution in [0.25, 0.3) is 5.76 Å². The number of aliphatic hydroxyl groups excluding tert-OH is 1. The molecule has 2 aromatic rings. The number of rotatable bonds is 8. The van der Waals surface area contributed by atoms with Crippen LogP contribution in [0.1, 0.15) is 42.9 Å². The van der Waals surface area contributed by atoms with Crippen molar-refractivity contribution in [3.63, 3.8) is 0 Å². The number of aliphatic hydroxyl groups is 1. The van der Waals surface area contributed by atoms with E-state index in [1.54, 1.807) is 36.1 Å². The number of ether oxygens (including phenoxy) is 1. The number of fused-ring (bicyclic) bond motifs is 2. The third-order valence-corrected chi connectivity index (χ3v) is 6.72. The van der Waals surface area contributed by atoms with Crippen LogP contribution in [-0.2, 0) is 24.7 Å². The molecule has 1 atom stereocenters. The van der Waals surface area contributed by atoms with Gasteiger partial charge in [-0.05, 0) is 37.5 Å². The molecule has 0 saturated carbocycles. The molecule has 184 valence electrons. The van der Waals surface area contributed by atoms with Crippen molar-refractivity contribution in [2.75, 3.05) is 31.7 Å². The zero-order valence-electron chi connectivity index (χ0n) is 20.1. The largest absolute Gasteiger partial charge is 0.507 e. The number of amides is 2. The minimum absolute atomic E-state index is 0.0275. The molecular weight excluding hydrogens is 451 g/mol. The van der Waals surface area contributed by atoms with Gasteiger partial charge in [-0.1, -0.05) is 43.7 Å². The maximum atomic E-state index is 14.4. The van der Waals surface area contributed by atoms with Crippen molar-refractivity contribution in [2.45, 2.75) is 38.6 Å². The molecule has 2 aliphatic heterocycles. The number of aryl methyl sites for hydroxylation is 1. The highest BCUT2D eigenvalue weighted by Crippen LogP contribution is 2.53. The second kappa shape index (κ2) is 9.62. The molecule has 0 aliphatic carbocycles. The Morgan fingerprint density at radius 1 is 1.09 bits per heavy atom. The summed E-state index contributed by atoms with van der Waals surface area (Å²) in [5.41, 5.74) is -0.737. The Labute approximate surface area is 203 Å². The van der Waals surface area contributed by atoms with Crippen molar-refractivity contribution in [3.8, 4) is 0 Å². The van der Waals surface area contributed by atoms with Crippen LogP contribution in [0.4, 0.5) is 10.1 Å². The third-order valence-electron chi connectivity index (χ3n) is 6.72. The summed E-state index contributed by atoms with van der Waals surface area (Å²) < 4.78 is 19.5. The van der Waals surface area contributed by atoms with Gasteiger partial charge in [0.05, 0.1) is 11.3 Å². The Morgan fingerprint density at radius 2 is 1.83 bits per heavy atom. The van der Waals surface area contributed by atoms with Crippen molar-refractivity contribution in [1.82, 2.24) is 4.90 Å². The van der Waals surface area contributed by atoms with Crippen LogP contribution in [0.15, 0.2) is 48.0 Å². The fraction of sp³-hybridized carbons (Fsp3) is 0.370. The summed E-state index contributed by atoms with van der Waals surface area (Å²) in [5, 5.41) is 11.4. The molecule has 2 aliphatic rings. The number of ketones is 1. The Bertz CT molecular complexity index is 1220. The summed E-state index contributed by atoms with van der Waals surface area (Å²) in [5.74, 6) is -3.47. The van der Waals surface area contributed by atoms with E-state index in [-0.39, 0.29) is 17.7 Å². The molecule has 0 aromatic heterocycles. The maximum Gasteiger partial charge on any atom is 0.296 e. The molecule has 2 aromatic carbocycles. The predicted molar refractivity (Wildman–Crippen MR) is 129 cm³/mol. The Kier molecular flexibility index (Phi) is 6.76. The quantitative estimate of drug-likeness (QED) is 0.268. The van der Waals surface area contributed by atoms with E-state index in [0.29, 0.717) is 36.4 Å². The third kappa shape index (κ3) is 3.72. The summed E-state index contributed by atoms with van der Waals surface area (Å²) in [4.78, 5) is 43.8. The van der Waals surface area contributed by atoms with Crippen molar-refractivity contribution >= 4 is 29.0 Å². The summed E-state index contributed by atoms with van der Waals surface area (Å²) in [6, 6.07) is 11.1. The first-order chi connectivity index (χ1) is 16.8. The van der Waals surface area contributed by atoms with E-state index in [9.17, 15) is 23.9 Å². The first-order valence-electron chi connectivity index (χ1n) is 11.8. The second-order valence-electron chi connectivity index (χ2n) is 8.86. The SMILES string of the molecule is CCCCN1C(=O)[C@]2(C(=C(O)c3ccc(C)c(F)c3)C(=O)C(=O)N2CCCOC)c2ccccc21. The van der Waals surface area contributed by atoms with E-state index >= 15 is 0 Å². The number of unbranched alkanes of at least 4 members (excludes halogenated alkanes) is 1. The van der Waals surface area contributed by atoms with Crippen LogP contribution in [0.2, 0.25) is 0 Å². The molecule has 0 bridgehead atoms. The van der Waals surface area contributed by atoms with Gasteiger partial charge in [0.25, 0.3) is 17.6 Å². The Morgan fingerprint density at radius 3 is 2.51 bits per heavy atom. The van der Waals surface area contributed by atoms with Gasteiger partial charge in [0.15, 0.2) is 5.54 Å². The molecule has 35 heavy (non-hydrogen) atoms. The summed E-state index contributed by atoms with van der Waals surface area (Å²) in [6.45, 7) is 4.37. The summed E-state index contributed by atoms with van der Waals surface area (Å²) >= 11 is 0. The average molecular weight is 481 g/mol. The van der Waals surface area contributed by atoms with E-state index < -0.39 is 34.7 Å². The molecule has 4 rings (SSSR count). The fourth-order valence-corrected chi connectivity index (χ4v) is 4.96. The number of carbonyl (C=O) groups is 3. The lowest BCUT2D eigenvalue weighted by Crippen LogP contribution is -2.52. The van der Waals surface area contributed by atoms with Crippen molar-refractivity contribution in [2.24, 2.45) is 0 Å². The van der Waals surface area contributed by atoms with E-state index in [4.69, 9.17) is 4.74 Å². The Hall–Kier alpha value is -3.52. The van der Waals surface area contributed by atoms with E-state index in [2.05, 4.69) is 0 Å². The van der Waals surface area contributed by atoms with Crippen LogP contribution in [-0.4, -0.2) is 54.4 Å². The molecule has 1 saturated heterocycles. The number of likely N-dealkylation sites (tertiary alicyclic amines) is 1. The minimum Gasteiger partial charge on any atom is -0.507 e. The van der Waals surface area contributed by atoms with Gasteiger partial charge in [0.2, 0.25) is 0 Å². The fourth-order valence-electron chi connectivity index (χ4n) is 4.96. The van der Waals surface area contributed by atoms with Gasteiger partial charge in [-0.2, -0.15) is 0 Å². The average Bonchev–Trinajstić information content (AvgIpc) is 3.22. The van der Waals surface area contributed by atoms with Gasteiger partial charge in [-0.3, -0.25) is 14.4 Å². The molecular formula is C27H29FN2O5. The maximum absolute atomic E-state index is 14.4. The van der Waals surface area contributed by atoms with Crippen LogP contribution in [0.3, 0.4) is 0 Å². The number of Topliss-reactive ketones (excluding diaryl/α,β-unsaturated/α-hetero) is 1. The van der Waals surface area contributed by atoms with E-state index in [0.717, 1.165) is 18.9 Å². The normalized spacial score (nSPS) is 20.9. The number of halogens is 1. The van der Waals surface area contributed by atoms with E-state index in [1.807, 2.05) is 6.92 Å². The molecule has 1 N–H and O–H groups in total. The lowest BCUT2D eigenvalue weighted by Gasteiger charge is -2.34. The number of hydrogen-bond donors (Lipinski definition) is 1. The Balaban J connectivity index is 2.01. The topological polar surface area (TPSA) is 87.2 Å². The molecule has 1 fully saturated rings. The molecule has 0 radical (unpaired) electrons. The van der Waals surface area contributed by atoms with Crippen LogP contribution in [0, 0.1) is 12.7 Å². The lowest BCUT2D eigenvalue weighted by atomic mass is 9.81. The molecule has 2 heterocycles. The minimum atomic E-state index is -1.84. The number of anilines is 1. The molecule has 8 heteroatoms. The van der Waals surface area contributed by atoms with Crippen molar-refractivity contribution in [3.05, 3.63) is 70.5 Å². The van der Waals surface area contributed by atoms with Gasteiger partial charge in [0, 0.05) is 37.9 Å². The van der Waals surface area contributed by atoms with Crippen LogP contribution >= 0.6 is 0 Å². The highest BCUT2D eigenvalue weighted by molar-refractivity contribution is 6.50. The lowest BCUT2D eigenvalue weighted by molar-refractivity contribution is -0.143. The summed E-state index contributed by atoms with van der Waals surface area (Å²) in [7, 11) is 1.53. The highest BCUT2D eigenvalue weighted by Gasteiger charge is 2.66. The second-order valence-corrected chi connectivity index (χ2v) is 8.86. The standard InChI is InChI=1S/C27H29FN2O5/c1-4-5-13-29-21-10-7-6-9-19(21)27(26(29)34)22(23(31)18-12-11-17(2)20(28)16-18)24(32)25(33)30(27)14-8-15-35-3/h6-7,9-12,16,31H,4-5,8,13-15H2,1-3H3/t27-/m1/s1. The molecule has 7 nitrogen and oxygen atoms in total. The van der Waals surface area contributed by atoms with Crippen LogP contribution in [0.5, 0.6) is 0 Å². The number of para-hydroxylation sites is 1. The predicted octanol–water partition coefficient (Wildman–Crippen LogP) is 3.89. The smallest absolute Gasteiger partial charge is 0.296 e. The zero-order chi connectivity index (χ0) is 25.3. The van der Waals surface area contributed by atoms with E-state index in [1.165, 1.54) is 24.1 Å². The number of methoxy groups -OCH3 is 1. The molecule has 0 unspecified atom stereocenters. The molecule has 1 spiro atoms. The van der Waals surface area contributed by atoms with Gasteiger partial charge >= 0.3 is 0 Å². The first kappa shape index (κ1) is 24.6. The van der Waals surface area contributed by atoms with Gasteiger partial charge < -0.3 is 19.6 Å². The van der Waals surface area contributed by atoms with Crippen molar-refractivity contribution in [1.29, 1.82) is 0 Å². The van der Waals surface area contributed by atoms with Gasteiger partial charge in [-0.25, -0.2) is 4.39 Å². The number of nitrogens with zero attached hydrogens (tertiary/aromatic N) is 2. The number of hydrogen-bond acceptors (Lipinski definition) is 5. The monoisotopic (exact) mass is 480 g/mol. The van der Waals surface area contributed by atoms with Gasteiger partial charge in [0.1, 0.15) is 11.6 Å². The summed E-state index contributed by atoms with van der Waals surface area (Å²) in [6.07, 6.45) is 1.94. The van der Waals surface area contributed by atoms with Gasteiger partial charge in [-0.15, -0.1) is 0 Å². The van der Waals surface area contributed by atoms with Crippen molar-refractivity contribution < 1.29 is 28.6 Å². The number of benzene rings is 2. The zero-order valence-corrected chi connectivity index (χ0v) is 20.1. The van der Waals surface area contributed by atoms with Crippen LogP contribution < -0.4 is 4.90 Å². The number of carbonyl (C=O) groups excluding carboxylic acids is 3. The highest BCUT2D eigenvalue weighted by atomic mass is 19.1.